The topological polar surface area (TPSA) is 24.5 Å². The number of ether oxygens (including phenoxy) is 1. The Balaban J connectivity index is 1.77. The Labute approximate surface area is 122 Å². The summed E-state index contributed by atoms with van der Waals surface area (Å²) in [6, 6.07) is 8.84. The van der Waals surface area contributed by atoms with Gasteiger partial charge in [0.1, 0.15) is 5.75 Å². The van der Waals surface area contributed by atoms with Crippen LogP contribution >= 0.6 is 0 Å². The number of likely N-dealkylation sites (tertiary alicyclic amines) is 1. The third-order valence-electron chi connectivity index (χ3n) is 3.85. The van der Waals surface area contributed by atoms with Gasteiger partial charge >= 0.3 is 0 Å². The van der Waals surface area contributed by atoms with Crippen molar-refractivity contribution >= 4 is 0 Å². The molecule has 0 radical (unpaired) electrons. The van der Waals surface area contributed by atoms with Crippen LogP contribution in [0, 0.1) is 0 Å². The van der Waals surface area contributed by atoms with Gasteiger partial charge in [-0.15, -0.1) is 0 Å². The molecular weight excluding hydrogens is 248 g/mol. The molecule has 1 aliphatic rings. The van der Waals surface area contributed by atoms with E-state index in [2.05, 4.69) is 35.9 Å². The maximum atomic E-state index is 5.39. The first kappa shape index (κ1) is 15.1. The van der Waals surface area contributed by atoms with E-state index in [0.29, 0.717) is 6.04 Å². The number of nitrogens with one attached hydrogen (secondary N) is 1. The van der Waals surface area contributed by atoms with Gasteiger partial charge in [0.15, 0.2) is 0 Å². The van der Waals surface area contributed by atoms with Gasteiger partial charge in [0, 0.05) is 24.7 Å². The van der Waals surface area contributed by atoms with Gasteiger partial charge in [-0.1, -0.05) is 30.4 Å². The number of methoxy groups -OCH3 is 1. The molecule has 1 fully saturated rings. The van der Waals surface area contributed by atoms with Crippen LogP contribution in [0.5, 0.6) is 5.75 Å². The van der Waals surface area contributed by atoms with Crippen molar-refractivity contribution in [2.75, 3.05) is 26.7 Å². The first-order valence-corrected chi connectivity index (χ1v) is 7.41. The van der Waals surface area contributed by atoms with Gasteiger partial charge in [-0.05, 0) is 38.9 Å². The average Bonchev–Trinajstić information content (AvgIpc) is 2.46. The summed E-state index contributed by atoms with van der Waals surface area (Å²) in [5.41, 5.74) is 2.49. The molecule has 20 heavy (non-hydrogen) atoms. The average molecular weight is 274 g/mol. The zero-order valence-corrected chi connectivity index (χ0v) is 12.7. The maximum absolute atomic E-state index is 5.39. The molecule has 2 rings (SSSR count). The molecule has 0 amide bonds. The highest BCUT2D eigenvalue weighted by Gasteiger charge is 2.18. The minimum atomic E-state index is 0.612. The molecule has 1 heterocycles. The van der Waals surface area contributed by atoms with Crippen LogP contribution in [0.1, 0.15) is 25.3 Å². The molecule has 0 saturated carbocycles. The van der Waals surface area contributed by atoms with Gasteiger partial charge in [-0.25, -0.2) is 0 Å². The first-order valence-electron chi connectivity index (χ1n) is 7.41. The van der Waals surface area contributed by atoms with E-state index in [4.69, 9.17) is 4.74 Å². The van der Waals surface area contributed by atoms with Crippen LogP contribution in [0.15, 0.2) is 36.4 Å². The first-order chi connectivity index (χ1) is 9.69. The molecule has 0 atom stereocenters. The maximum Gasteiger partial charge on any atom is 0.123 e. The highest BCUT2D eigenvalue weighted by Crippen LogP contribution is 2.18. The zero-order valence-electron chi connectivity index (χ0n) is 12.7. The zero-order chi connectivity index (χ0) is 14.4. The molecule has 3 nitrogen and oxygen atoms in total. The standard InChI is InChI=1S/C17H26N2O/c1-14(2)13-19-10-8-16(9-11-19)18-12-15-6-4-5-7-17(15)20-3/h4-7,16,18H,1,8-13H2,2-3H3. The summed E-state index contributed by atoms with van der Waals surface area (Å²) in [5.74, 6) is 0.972. The van der Waals surface area contributed by atoms with Crippen LogP contribution in [0.25, 0.3) is 0 Å². The fourth-order valence-corrected chi connectivity index (χ4v) is 2.78. The van der Waals surface area contributed by atoms with Crippen molar-refractivity contribution in [3.63, 3.8) is 0 Å². The van der Waals surface area contributed by atoms with Crippen LogP contribution in [0.4, 0.5) is 0 Å². The molecule has 1 N–H and O–H groups in total. The molecular formula is C17H26N2O. The Kier molecular flexibility index (Phi) is 5.62. The van der Waals surface area contributed by atoms with Crippen LogP contribution < -0.4 is 10.1 Å². The molecule has 3 heteroatoms. The summed E-state index contributed by atoms with van der Waals surface area (Å²) in [4.78, 5) is 2.49. The Morgan fingerprint density at radius 1 is 1.35 bits per heavy atom. The summed E-state index contributed by atoms with van der Waals surface area (Å²) in [6.45, 7) is 10.3. The van der Waals surface area contributed by atoms with E-state index in [1.165, 1.54) is 24.0 Å². The van der Waals surface area contributed by atoms with Crippen molar-refractivity contribution in [3.05, 3.63) is 42.0 Å². The molecule has 0 aromatic heterocycles. The SMILES string of the molecule is C=C(C)CN1CCC(NCc2ccccc2OC)CC1. The van der Waals surface area contributed by atoms with E-state index in [9.17, 15) is 0 Å². The minimum absolute atomic E-state index is 0.612. The van der Waals surface area contributed by atoms with Crippen molar-refractivity contribution in [2.45, 2.75) is 32.4 Å². The van der Waals surface area contributed by atoms with Crippen LogP contribution in [0.3, 0.4) is 0 Å². The second-order valence-corrected chi connectivity index (χ2v) is 5.70. The lowest BCUT2D eigenvalue weighted by molar-refractivity contribution is 0.211. The normalized spacial score (nSPS) is 17.1. The third-order valence-corrected chi connectivity index (χ3v) is 3.85. The summed E-state index contributed by atoms with van der Waals surface area (Å²) < 4.78 is 5.39. The monoisotopic (exact) mass is 274 g/mol. The number of rotatable bonds is 6. The fourth-order valence-electron chi connectivity index (χ4n) is 2.78. The summed E-state index contributed by atoms with van der Waals surface area (Å²) in [5, 5.41) is 3.66. The fraction of sp³-hybridized carbons (Fsp3) is 0.529. The summed E-state index contributed by atoms with van der Waals surface area (Å²) in [7, 11) is 1.73. The number of nitrogens with zero attached hydrogens (tertiary/aromatic N) is 1. The van der Waals surface area contributed by atoms with Crippen molar-refractivity contribution in [3.8, 4) is 5.75 Å². The van der Waals surface area contributed by atoms with Gasteiger partial charge in [-0.2, -0.15) is 0 Å². The van der Waals surface area contributed by atoms with E-state index in [-0.39, 0.29) is 0 Å². The van der Waals surface area contributed by atoms with Gasteiger partial charge in [0.25, 0.3) is 0 Å². The molecule has 0 aliphatic carbocycles. The summed E-state index contributed by atoms with van der Waals surface area (Å²) in [6.07, 6.45) is 2.42. The van der Waals surface area contributed by atoms with Gasteiger partial charge in [0.2, 0.25) is 0 Å². The predicted molar refractivity (Wildman–Crippen MR) is 84.1 cm³/mol. The van der Waals surface area contributed by atoms with Crippen LogP contribution in [-0.4, -0.2) is 37.7 Å². The predicted octanol–water partition coefficient (Wildman–Crippen LogP) is 2.83. The van der Waals surface area contributed by atoms with E-state index in [1.807, 2.05) is 12.1 Å². The van der Waals surface area contributed by atoms with Crippen molar-refractivity contribution in [1.82, 2.24) is 10.2 Å². The van der Waals surface area contributed by atoms with E-state index in [0.717, 1.165) is 31.9 Å². The second kappa shape index (κ2) is 7.46. The lowest BCUT2D eigenvalue weighted by atomic mass is 10.0. The highest BCUT2D eigenvalue weighted by atomic mass is 16.5. The van der Waals surface area contributed by atoms with E-state index in [1.54, 1.807) is 7.11 Å². The Hall–Kier alpha value is -1.32. The number of para-hydroxylation sites is 1. The Morgan fingerprint density at radius 3 is 2.70 bits per heavy atom. The quantitative estimate of drug-likeness (QED) is 0.807. The molecule has 110 valence electrons. The van der Waals surface area contributed by atoms with E-state index < -0.39 is 0 Å². The van der Waals surface area contributed by atoms with Crippen LogP contribution in [-0.2, 0) is 6.54 Å². The van der Waals surface area contributed by atoms with Crippen LogP contribution in [0.2, 0.25) is 0 Å². The van der Waals surface area contributed by atoms with Crippen molar-refractivity contribution in [2.24, 2.45) is 0 Å². The lowest BCUT2D eigenvalue weighted by Gasteiger charge is -2.32. The molecule has 0 bridgehead atoms. The molecule has 0 unspecified atom stereocenters. The number of piperidine rings is 1. The summed E-state index contributed by atoms with van der Waals surface area (Å²) >= 11 is 0. The smallest absolute Gasteiger partial charge is 0.123 e. The second-order valence-electron chi connectivity index (χ2n) is 5.70. The number of benzene rings is 1. The number of hydrogen-bond acceptors (Lipinski definition) is 3. The van der Waals surface area contributed by atoms with Gasteiger partial charge in [0.05, 0.1) is 7.11 Å². The molecule has 1 saturated heterocycles. The van der Waals surface area contributed by atoms with E-state index >= 15 is 0 Å². The minimum Gasteiger partial charge on any atom is -0.496 e. The Morgan fingerprint density at radius 2 is 2.05 bits per heavy atom. The van der Waals surface area contributed by atoms with Gasteiger partial charge in [-0.3, -0.25) is 4.90 Å². The number of hydrogen-bond donors (Lipinski definition) is 1. The molecule has 0 spiro atoms. The Bertz CT molecular complexity index is 436. The molecule has 1 aromatic carbocycles. The molecule has 1 aliphatic heterocycles. The van der Waals surface area contributed by atoms with Gasteiger partial charge < -0.3 is 10.1 Å². The molecule has 1 aromatic rings. The third kappa shape index (κ3) is 4.36. The van der Waals surface area contributed by atoms with Crippen molar-refractivity contribution in [1.29, 1.82) is 0 Å². The van der Waals surface area contributed by atoms with Crippen molar-refractivity contribution < 1.29 is 4.74 Å². The highest BCUT2D eigenvalue weighted by molar-refractivity contribution is 5.33. The lowest BCUT2D eigenvalue weighted by Crippen LogP contribution is -2.42. The largest absolute Gasteiger partial charge is 0.496 e.